The van der Waals surface area contributed by atoms with Crippen LogP contribution in [0.5, 0.6) is 5.75 Å². The van der Waals surface area contributed by atoms with Crippen molar-refractivity contribution in [3.05, 3.63) is 29.3 Å². The standard InChI is InChI=1S/C14H17BN2O6/c1-17(2)12(19)7-11(18)16-10-6-8-4-3-5-9(14(20)21)13(8)23-15(10)22/h3-5,10,22H,6-7H2,1-2H3,(H,16,18)(H,20,21)/t10-/m0/s1. The molecule has 8 nitrogen and oxygen atoms in total. The van der Waals surface area contributed by atoms with Crippen LogP contribution in [-0.4, -0.2) is 60.0 Å². The molecule has 0 aromatic heterocycles. The molecular formula is C14H17BN2O6. The van der Waals surface area contributed by atoms with E-state index < -0.39 is 24.9 Å². The number of benzene rings is 1. The highest BCUT2D eigenvalue weighted by Crippen LogP contribution is 2.30. The molecule has 0 saturated heterocycles. The highest BCUT2D eigenvalue weighted by Gasteiger charge is 2.37. The summed E-state index contributed by atoms with van der Waals surface area (Å²) in [6, 6.07) is 4.61. The van der Waals surface area contributed by atoms with E-state index in [1.54, 1.807) is 12.1 Å². The monoisotopic (exact) mass is 320 g/mol. The Morgan fingerprint density at radius 3 is 2.70 bits per heavy atom. The summed E-state index contributed by atoms with van der Waals surface area (Å²) in [6.07, 6.45) is -0.127. The number of para-hydroxylation sites is 1. The third-order valence-electron chi connectivity index (χ3n) is 3.51. The van der Waals surface area contributed by atoms with Crippen LogP contribution in [-0.2, 0) is 16.0 Å². The number of fused-ring (bicyclic) bond motifs is 1. The first-order valence-electron chi connectivity index (χ1n) is 6.99. The van der Waals surface area contributed by atoms with Crippen LogP contribution in [0.15, 0.2) is 18.2 Å². The fourth-order valence-electron chi connectivity index (χ4n) is 2.27. The fourth-order valence-corrected chi connectivity index (χ4v) is 2.27. The second-order valence-electron chi connectivity index (χ2n) is 5.45. The predicted octanol–water partition coefficient (Wildman–Crippen LogP) is -0.697. The quantitative estimate of drug-likeness (QED) is 0.499. The van der Waals surface area contributed by atoms with Crippen LogP contribution in [0.1, 0.15) is 22.3 Å². The van der Waals surface area contributed by atoms with Gasteiger partial charge in [-0.15, -0.1) is 0 Å². The van der Waals surface area contributed by atoms with E-state index in [4.69, 9.17) is 9.76 Å². The smallest absolute Gasteiger partial charge is 0.534 e. The molecule has 1 heterocycles. The van der Waals surface area contributed by atoms with Crippen LogP contribution in [0.25, 0.3) is 0 Å². The molecule has 0 unspecified atom stereocenters. The Kier molecular flexibility index (Phi) is 4.90. The number of nitrogens with zero attached hydrogens (tertiary/aromatic N) is 1. The van der Waals surface area contributed by atoms with Gasteiger partial charge < -0.3 is 25.0 Å². The fraction of sp³-hybridized carbons (Fsp3) is 0.357. The van der Waals surface area contributed by atoms with Crippen LogP contribution < -0.4 is 9.97 Å². The van der Waals surface area contributed by atoms with Crippen molar-refractivity contribution in [1.82, 2.24) is 10.2 Å². The number of hydrogen-bond acceptors (Lipinski definition) is 5. The molecule has 0 saturated carbocycles. The minimum absolute atomic E-state index is 0.0471. The first-order valence-corrected chi connectivity index (χ1v) is 6.99. The van der Waals surface area contributed by atoms with Gasteiger partial charge in [0, 0.05) is 14.1 Å². The summed E-state index contributed by atoms with van der Waals surface area (Å²) >= 11 is 0. The number of carbonyl (C=O) groups is 3. The van der Waals surface area contributed by atoms with E-state index in [-0.39, 0.29) is 30.1 Å². The predicted molar refractivity (Wildman–Crippen MR) is 80.9 cm³/mol. The van der Waals surface area contributed by atoms with Crippen LogP contribution in [0.3, 0.4) is 0 Å². The normalized spacial score (nSPS) is 16.1. The number of nitrogens with one attached hydrogen (secondary N) is 1. The highest BCUT2D eigenvalue weighted by molar-refractivity contribution is 6.47. The molecule has 122 valence electrons. The van der Waals surface area contributed by atoms with Gasteiger partial charge in [-0.2, -0.15) is 0 Å². The molecule has 1 aromatic carbocycles. The molecule has 0 radical (unpaired) electrons. The van der Waals surface area contributed by atoms with E-state index in [9.17, 15) is 19.4 Å². The van der Waals surface area contributed by atoms with Crippen molar-refractivity contribution in [1.29, 1.82) is 0 Å². The lowest BCUT2D eigenvalue weighted by Gasteiger charge is -2.28. The summed E-state index contributed by atoms with van der Waals surface area (Å²) in [4.78, 5) is 35.8. The first kappa shape index (κ1) is 16.8. The highest BCUT2D eigenvalue weighted by atomic mass is 16.5. The Hall–Kier alpha value is -2.55. The van der Waals surface area contributed by atoms with E-state index in [1.807, 2.05) is 0 Å². The molecular weight excluding hydrogens is 303 g/mol. The summed E-state index contributed by atoms with van der Waals surface area (Å²) in [5.74, 6) is -2.71. The molecule has 2 rings (SSSR count). The molecule has 0 aliphatic carbocycles. The summed E-state index contributed by atoms with van der Waals surface area (Å²) in [5, 5.41) is 21.6. The van der Waals surface area contributed by atoms with Gasteiger partial charge in [0.15, 0.2) is 0 Å². The Balaban J connectivity index is 2.10. The van der Waals surface area contributed by atoms with E-state index in [0.717, 1.165) is 0 Å². The summed E-state index contributed by atoms with van der Waals surface area (Å²) in [6.45, 7) is 0. The van der Waals surface area contributed by atoms with Gasteiger partial charge in [-0.3, -0.25) is 9.59 Å². The topological polar surface area (TPSA) is 116 Å². The van der Waals surface area contributed by atoms with Gasteiger partial charge in [-0.05, 0) is 18.1 Å². The summed E-state index contributed by atoms with van der Waals surface area (Å²) in [7, 11) is 1.69. The Bertz CT molecular complexity index is 648. The maximum Gasteiger partial charge on any atom is 0.547 e. The molecule has 9 heteroatoms. The van der Waals surface area contributed by atoms with Crippen molar-refractivity contribution in [3.8, 4) is 5.75 Å². The molecule has 2 amide bonds. The van der Waals surface area contributed by atoms with E-state index in [2.05, 4.69) is 5.32 Å². The minimum Gasteiger partial charge on any atom is -0.534 e. The van der Waals surface area contributed by atoms with Gasteiger partial charge in [-0.1, -0.05) is 12.1 Å². The molecule has 3 N–H and O–H groups in total. The molecule has 1 atom stereocenters. The zero-order valence-corrected chi connectivity index (χ0v) is 12.8. The lowest BCUT2D eigenvalue weighted by molar-refractivity contribution is -0.134. The lowest BCUT2D eigenvalue weighted by Crippen LogP contribution is -2.53. The minimum atomic E-state index is -1.39. The zero-order chi connectivity index (χ0) is 17.1. The van der Waals surface area contributed by atoms with Crippen LogP contribution >= 0.6 is 0 Å². The van der Waals surface area contributed by atoms with Crippen molar-refractivity contribution in [2.24, 2.45) is 0 Å². The summed E-state index contributed by atoms with van der Waals surface area (Å²) < 4.78 is 5.25. The number of rotatable bonds is 4. The van der Waals surface area contributed by atoms with Crippen molar-refractivity contribution in [3.63, 3.8) is 0 Å². The van der Waals surface area contributed by atoms with Crippen molar-refractivity contribution < 1.29 is 29.2 Å². The largest absolute Gasteiger partial charge is 0.547 e. The number of carbonyl (C=O) groups excluding carboxylic acids is 2. The van der Waals surface area contributed by atoms with Gasteiger partial charge >= 0.3 is 13.1 Å². The molecule has 0 spiro atoms. The lowest BCUT2D eigenvalue weighted by atomic mass is 9.72. The molecule has 0 fully saturated rings. The SMILES string of the molecule is CN(C)C(=O)CC(=O)N[C@H]1Cc2cccc(C(=O)O)c2OB1O. The second-order valence-corrected chi connectivity index (χ2v) is 5.45. The van der Waals surface area contributed by atoms with E-state index in [1.165, 1.54) is 25.1 Å². The van der Waals surface area contributed by atoms with Crippen LogP contribution in [0.2, 0.25) is 0 Å². The molecule has 23 heavy (non-hydrogen) atoms. The third-order valence-corrected chi connectivity index (χ3v) is 3.51. The number of amides is 2. The zero-order valence-electron chi connectivity index (χ0n) is 12.8. The summed E-state index contributed by atoms with van der Waals surface area (Å²) in [5.41, 5.74) is 0.522. The average molecular weight is 320 g/mol. The van der Waals surface area contributed by atoms with Crippen molar-refractivity contribution in [2.75, 3.05) is 14.1 Å². The molecule has 1 aliphatic heterocycles. The second kappa shape index (κ2) is 6.70. The van der Waals surface area contributed by atoms with Crippen LogP contribution in [0, 0.1) is 0 Å². The first-order chi connectivity index (χ1) is 10.8. The van der Waals surface area contributed by atoms with Crippen molar-refractivity contribution >= 4 is 24.9 Å². The maximum absolute atomic E-state index is 11.8. The number of hydrogen-bond donors (Lipinski definition) is 3. The Labute approximate surface area is 133 Å². The Morgan fingerprint density at radius 1 is 1.39 bits per heavy atom. The van der Waals surface area contributed by atoms with E-state index >= 15 is 0 Å². The van der Waals surface area contributed by atoms with Gasteiger partial charge in [0.25, 0.3) is 0 Å². The average Bonchev–Trinajstić information content (AvgIpc) is 2.47. The molecule has 1 aliphatic rings. The van der Waals surface area contributed by atoms with Crippen molar-refractivity contribution in [2.45, 2.75) is 18.8 Å². The Morgan fingerprint density at radius 2 is 2.09 bits per heavy atom. The van der Waals surface area contributed by atoms with Gasteiger partial charge in [0.2, 0.25) is 11.8 Å². The van der Waals surface area contributed by atoms with Gasteiger partial charge in [0.05, 0.1) is 11.5 Å². The van der Waals surface area contributed by atoms with Gasteiger partial charge in [-0.25, -0.2) is 4.79 Å². The number of carboxylic acid groups (broad SMARTS) is 1. The molecule has 1 aromatic rings. The third kappa shape index (κ3) is 3.81. The van der Waals surface area contributed by atoms with Crippen LogP contribution in [0.4, 0.5) is 0 Å². The number of carboxylic acids is 1. The maximum atomic E-state index is 11.8. The number of aromatic carboxylic acids is 1. The van der Waals surface area contributed by atoms with Gasteiger partial charge in [0.1, 0.15) is 12.2 Å². The van der Waals surface area contributed by atoms with E-state index in [0.29, 0.717) is 5.56 Å². The molecule has 0 bridgehead atoms.